The zero-order valence-electron chi connectivity index (χ0n) is 17.2. The van der Waals surface area contributed by atoms with Gasteiger partial charge in [-0.2, -0.15) is 0 Å². The third-order valence-corrected chi connectivity index (χ3v) is 4.67. The van der Waals surface area contributed by atoms with Crippen LogP contribution in [0.15, 0.2) is 29.6 Å². The van der Waals surface area contributed by atoms with Crippen LogP contribution < -0.4 is 4.74 Å². The van der Waals surface area contributed by atoms with E-state index in [1.165, 1.54) is 11.3 Å². The number of aromatic nitrogens is 1. The number of carbonyl (C=O) groups excluding carboxylic acids is 2. The van der Waals surface area contributed by atoms with E-state index in [0.29, 0.717) is 25.3 Å². The molecule has 6 nitrogen and oxygen atoms in total. The largest absolute Gasteiger partial charge is 0.494 e. The molecule has 0 unspecified atom stereocenters. The van der Waals surface area contributed by atoms with E-state index in [2.05, 4.69) is 4.98 Å². The second-order valence-electron chi connectivity index (χ2n) is 7.41. The number of ether oxygens (including phenoxy) is 2. The molecule has 2 aromatic rings. The van der Waals surface area contributed by atoms with E-state index in [0.717, 1.165) is 16.3 Å². The van der Waals surface area contributed by atoms with E-state index in [4.69, 9.17) is 9.47 Å². The lowest BCUT2D eigenvalue weighted by Gasteiger charge is -2.20. The normalized spacial score (nSPS) is 11.2. The summed E-state index contributed by atoms with van der Waals surface area (Å²) in [5.41, 5.74) is 0.866. The molecule has 0 spiro atoms. The molecule has 0 aliphatic carbocycles. The van der Waals surface area contributed by atoms with Crippen LogP contribution >= 0.6 is 11.3 Å². The predicted molar refractivity (Wildman–Crippen MR) is 111 cm³/mol. The van der Waals surface area contributed by atoms with Crippen molar-refractivity contribution in [1.82, 2.24) is 9.88 Å². The van der Waals surface area contributed by atoms with Gasteiger partial charge in [0, 0.05) is 31.0 Å². The summed E-state index contributed by atoms with van der Waals surface area (Å²) in [5.74, 6) is 0.404. The van der Waals surface area contributed by atoms with Gasteiger partial charge >= 0.3 is 5.97 Å². The number of thiazole rings is 1. The maximum absolute atomic E-state index is 12.6. The van der Waals surface area contributed by atoms with Crippen molar-refractivity contribution in [2.45, 2.75) is 46.1 Å². The van der Waals surface area contributed by atoms with Crippen molar-refractivity contribution in [1.29, 1.82) is 0 Å². The number of hydrogen-bond donors (Lipinski definition) is 0. The Morgan fingerprint density at radius 3 is 2.46 bits per heavy atom. The quantitative estimate of drug-likeness (QED) is 0.610. The second-order valence-corrected chi connectivity index (χ2v) is 8.27. The zero-order chi connectivity index (χ0) is 20.7. The lowest BCUT2D eigenvalue weighted by molar-refractivity contribution is -0.154. The van der Waals surface area contributed by atoms with Crippen LogP contribution in [0, 0.1) is 0 Å². The number of rotatable bonds is 8. The Labute approximate surface area is 170 Å². The monoisotopic (exact) mass is 404 g/mol. The Hall–Kier alpha value is -2.41. The van der Waals surface area contributed by atoms with E-state index < -0.39 is 5.60 Å². The van der Waals surface area contributed by atoms with E-state index >= 15 is 0 Å². The highest BCUT2D eigenvalue weighted by molar-refractivity contribution is 7.13. The van der Waals surface area contributed by atoms with Crippen molar-refractivity contribution in [2.24, 2.45) is 0 Å². The van der Waals surface area contributed by atoms with Crippen LogP contribution in [-0.4, -0.2) is 47.6 Å². The molecule has 152 valence electrons. The van der Waals surface area contributed by atoms with Crippen molar-refractivity contribution in [3.8, 4) is 16.3 Å². The minimum Gasteiger partial charge on any atom is -0.494 e. The number of carbonyl (C=O) groups is 2. The van der Waals surface area contributed by atoms with Crippen LogP contribution in [-0.2, 0) is 9.53 Å². The second kappa shape index (κ2) is 9.68. The molecule has 0 atom stereocenters. The SMILES string of the molecule is CCOc1ccc(-c2nc(C(=O)N(C)CCCC(=O)OC(C)(C)C)cs2)cc1. The number of esters is 1. The summed E-state index contributed by atoms with van der Waals surface area (Å²) in [5, 5.41) is 2.55. The highest BCUT2D eigenvalue weighted by Crippen LogP contribution is 2.26. The fraction of sp³-hybridized carbons (Fsp3) is 0.476. The maximum Gasteiger partial charge on any atom is 0.306 e. The van der Waals surface area contributed by atoms with Crippen LogP contribution in [0.5, 0.6) is 5.75 Å². The fourth-order valence-corrected chi connectivity index (χ4v) is 3.32. The first-order valence-corrected chi connectivity index (χ1v) is 10.2. The molecular formula is C21H28N2O4S. The fourth-order valence-electron chi connectivity index (χ4n) is 2.52. The van der Waals surface area contributed by atoms with Gasteiger partial charge in [-0.3, -0.25) is 9.59 Å². The molecule has 0 saturated carbocycles. The van der Waals surface area contributed by atoms with Crippen molar-refractivity contribution >= 4 is 23.2 Å². The van der Waals surface area contributed by atoms with Crippen LogP contribution in [0.25, 0.3) is 10.6 Å². The summed E-state index contributed by atoms with van der Waals surface area (Å²) < 4.78 is 10.7. The molecule has 7 heteroatoms. The molecule has 0 N–H and O–H groups in total. The maximum atomic E-state index is 12.6. The van der Waals surface area contributed by atoms with Crippen molar-refractivity contribution < 1.29 is 19.1 Å². The van der Waals surface area contributed by atoms with Gasteiger partial charge in [0.15, 0.2) is 0 Å². The predicted octanol–water partition coefficient (Wildman–Crippen LogP) is 4.40. The Balaban J connectivity index is 1.89. The number of amides is 1. The Kier molecular flexibility index (Phi) is 7.57. The molecule has 0 fully saturated rings. The van der Waals surface area contributed by atoms with Crippen LogP contribution in [0.3, 0.4) is 0 Å². The van der Waals surface area contributed by atoms with Gasteiger partial charge in [0.25, 0.3) is 5.91 Å². The molecule has 1 amide bonds. The molecule has 0 aliphatic rings. The minimum atomic E-state index is -0.489. The first kappa shape index (κ1) is 21.9. The van der Waals surface area contributed by atoms with E-state index in [9.17, 15) is 9.59 Å². The number of nitrogens with zero attached hydrogens (tertiary/aromatic N) is 2. The van der Waals surface area contributed by atoms with Crippen molar-refractivity contribution in [2.75, 3.05) is 20.2 Å². The van der Waals surface area contributed by atoms with Gasteiger partial charge in [-0.05, 0) is 58.4 Å². The summed E-state index contributed by atoms with van der Waals surface area (Å²) >= 11 is 1.43. The molecule has 0 saturated heterocycles. The van der Waals surface area contributed by atoms with Gasteiger partial charge in [0.05, 0.1) is 6.61 Å². The average Bonchev–Trinajstić information content (AvgIpc) is 3.10. The topological polar surface area (TPSA) is 68.7 Å². The molecule has 1 aromatic heterocycles. The van der Waals surface area contributed by atoms with Gasteiger partial charge in [-0.1, -0.05) is 0 Å². The van der Waals surface area contributed by atoms with Gasteiger partial charge in [0.1, 0.15) is 22.1 Å². The molecule has 1 heterocycles. The van der Waals surface area contributed by atoms with Crippen LogP contribution in [0.4, 0.5) is 0 Å². The smallest absolute Gasteiger partial charge is 0.306 e. The third-order valence-electron chi connectivity index (χ3n) is 3.78. The van der Waals surface area contributed by atoms with Crippen LogP contribution in [0.1, 0.15) is 51.0 Å². The lowest BCUT2D eigenvalue weighted by atomic mass is 10.2. The van der Waals surface area contributed by atoms with E-state index in [1.54, 1.807) is 17.3 Å². The molecule has 0 radical (unpaired) electrons. The van der Waals surface area contributed by atoms with Crippen molar-refractivity contribution in [3.63, 3.8) is 0 Å². The summed E-state index contributed by atoms with van der Waals surface area (Å²) in [7, 11) is 1.72. The highest BCUT2D eigenvalue weighted by atomic mass is 32.1. The first-order valence-electron chi connectivity index (χ1n) is 9.35. The van der Waals surface area contributed by atoms with Crippen LogP contribution in [0.2, 0.25) is 0 Å². The van der Waals surface area contributed by atoms with Gasteiger partial charge < -0.3 is 14.4 Å². The Bertz CT molecular complexity index is 793. The zero-order valence-corrected chi connectivity index (χ0v) is 18.0. The summed E-state index contributed by atoms with van der Waals surface area (Å²) in [6, 6.07) is 7.65. The van der Waals surface area contributed by atoms with Gasteiger partial charge in [-0.25, -0.2) is 4.98 Å². The molecule has 28 heavy (non-hydrogen) atoms. The third kappa shape index (κ3) is 6.64. The number of hydrogen-bond acceptors (Lipinski definition) is 6. The average molecular weight is 405 g/mol. The first-order chi connectivity index (χ1) is 13.2. The molecule has 2 rings (SSSR count). The highest BCUT2D eigenvalue weighted by Gasteiger charge is 2.18. The number of benzene rings is 1. The van der Waals surface area contributed by atoms with E-state index in [-0.39, 0.29) is 18.3 Å². The van der Waals surface area contributed by atoms with Gasteiger partial charge in [0.2, 0.25) is 0 Å². The molecule has 1 aromatic carbocycles. The minimum absolute atomic E-state index is 0.155. The van der Waals surface area contributed by atoms with Crippen molar-refractivity contribution in [3.05, 3.63) is 35.3 Å². The molecular weight excluding hydrogens is 376 g/mol. The van der Waals surface area contributed by atoms with Gasteiger partial charge in [-0.15, -0.1) is 11.3 Å². The molecule has 0 bridgehead atoms. The molecule has 0 aliphatic heterocycles. The Morgan fingerprint density at radius 2 is 1.86 bits per heavy atom. The Morgan fingerprint density at radius 1 is 1.18 bits per heavy atom. The summed E-state index contributed by atoms with van der Waals surface area (Å²) in [4.78, 5) is 30.4. The summed E-state index contributed by atoms with van der Waals surface area (Å²) in [6.45, 7) is 8.54. The lowest BCUT2D eigenvalue weighted by Crippen LogP contribution is -2.29. The summed E-state index contributed by atoms with van der Waals surface area (Å²) in [6.07, 6.45) is 0.830. The van der Waals surface area contributed by atoms with E-state index in [1.807, 2.05) is 52.0 Å². The standard InChI is InChI=1S/C21H28N2O4S/c1-6-26-16-11-9-15(10-12-16)19-22-17(14-28-19)20(25)23(5)13-7-8-18(24)27-21(2,3)4/h9-12,14H,6-8,13H2,1-5H3.